The van der Waals surface area contributed by atoms with Crippen LogP contribution in [0.4, 0.5) is 0 Å². The van der Waals surface area contributed by atoms with E-state index in [1.54, 1.807) is 6.26 Å². The summed E-state index contributed by atoms with van der Waals surface area (Å²) in [7, 11) is 0. The van der Waals surface area contributed by atoms with Gasteiger partial charge in [0.15, 0.2) is 0 Å². The van der Waals surface area contributed by atoms with Crippen molar-refractivity contribution in [1.29, 1.82) is 0 Å². The Labute approximate surface area is 117 Å². The third-order valence-electron chi connectivity index (χ3n) is 3.74. The first-order valence-corrected chi connectivity index (χ1v) is 6.79. The van der Waals surface area contributed by atoms with E-state index < -0.39 is 0 Å². The molecule has 0 radical (unpaired) electrons. The monoisotopic (exact) mass is 271 g/mol. The molecular weight excluding hydrogens is 254 g/mol. The van der Waals surface area contributed by atoms with Gasteiger partial charge in [-0.3, -0.25) is 4.79 Å². The lowest BCUT2D eigenvalue weighted by atomic mass is 10.1. The Bertz CT molecular complexity index is 565. The molecule has 1 saturated carbocycles. The van der Waals surface area contributed by atoms with Crippen LogP contribution in [0.1, 0.15) is 29.7 Å². The van der Waals surface area contributed by atoms with Crippen LogP contribution >= 0.6 is 0 Å². The van der Waals surface area contributed by atoms with Crippen LogP contribution in [0.5, 0.6) is 0 Å². The molecule has 3 rings (SSSR count). The van der Waals surface area contributed by atoms with E-state index in [1.165, 1.54) is 0 Å². The minimum absolute atomic E-state index is 0.0192. The summed E-state index contributed by atoms with van der Waals surface area (Å²) in [6.45, 7) is -0.103. The molecule has 0 saturated heterocycles. The van der Waals surface area contributed by atoms with Gasteiger partial charge in [-0.2, -0.15) is 0 Å². The van der Waals surface area contributed by atoms with E-state index in [2.05, 4.69) is 5.32 Å². The number of nitrogens with one attached hydrogen (secondary N) is 1. The zero-order valence-electron chi connectivity index (χ0n) is 11.0. The molecule has 0 aliphatic heterocycles. The Hall–Kier alpha value is -2.07. The maximum absolute atomic E-state index is 12.2. The highest BCUT2D eigenvalue weighted by Gasteiger charge is 2.46. The van der Waals surface area contributed by atoms with Crippen molar-refractivity contribution in [1.82, 2.24) is 5.32 Å². The summed E-state index contributed by atoms with van der Waals surface area (Å²) < 4.78 is 5.32. The first-order chi connectivity index (χ1) is 9.79. The summed E-state index contributed by atoms with van der Waals surface area (Å²) >= 11 is 0. The Morgan fingerprint density at radius 3 is 2.75 bits per heavy atom. The fourth-order valence-electron chi connectivity index (χ4n) is 2.50. The summed E-state index contributed by atoms with van der Waals surface area (Å²) in [4.78, 5) is 12.2. The maximum atomic E-state index is 12.2. The summed E-state index contributed by atoms with van der Waals surface area (Å²) in [5, 5.41) is 12.4. The lowest BCUT2D eigenvalue weighted by Gasteiger charge is -2.16. The third kappa shape index (κ3) is 2.60. The maximum Gasteiger partial charge on any atom is 0.224 e. The average molecular weight is 271 g/mol. The number of aliphatic hydroxyl groups is 1. The van der Waals surface area contributed by atoms with Crippen LogP contribution in [0, 0.1) is 5.92 Å². The Balaban J connectivity index is 1.62. The second-order valence-corrected chi connectivity index (χ2v) is 5.12. The highest BCUT2D eigenvalue weighted by molar-refractivity contribution is 5.83. The van der Waals surface area contributed by atoms with E-state index in [0.717, 1.165) is 17.7 Å². The van der Waals surface area contributed by atoms with E-state index in [0.29, 0.717) is 0 Å². The molecule has 3 unspecified atom stereocenters. The zero-order valence-corrected chi connectivity index (χ0v) is 11.0. The van der Waals surface area contributed by atoms with Gasteiger partial charge in [-0.1, -0.05) is 30.3 Å². The normalized spacial score (nSPS) is 22.2. The summed E-state index contributed by atoms with van der Waals surface area (Å²) in [5.41, 5.74) is 0.915. The highest BCUT2D eigenvalue weighted by atomic mass is 16.3. The number of furan rings is 1. The van der Waals surface area contributed by atoms with Gasteiger partial charge in [0, 0.05) is 11.8 Å². The lowest BCUT2D eigenvalue weighted by molar-refractivity contribution is -0.123. The van der Waals surface area contributed by atoms with Crippen LogP contribution in [0.15, 0.2) is 53.1 Å². The van der Waals surface area contributed by atoms with Crippen molar-refractivity contribution >= 4 is 5.91 Å². The number of rotatable bonds is 5. The Morgan fingerprint density at radius 1 is 1.30 bits per heavy atom. The summed E-state index contributed by atoms with van der Waals surface area (Å²) in [6.07, 6.45) is 2.44. The largest absolute Gasteiger partial charge is 0.469 e. The molecule has 4 heteroatoms. The van der Waals surface area contributed by atoms with Gasteiger partial charge in [-0.15, -0.1) is 0 Å². The fraction of sp³-hybridized carbons (Fsp3) is 0.312. The molecule has 104 valence electrons. The molecule has 1 heterocycles. The smallest absolute Gasteiger partial charge is 0.224 e. The van der Waals surface area contributed by atoms with Crippen LogP contribution in [0.2, 0.25) is 0 Å². The van der Waals surface area contributed by atoms with Crippen molar-refractivity contribution < 1.29 is 14.3 Å². The van der Waals surface area contributed by atoms with Crippen LogP contribution in [-0.2, 0) is 4.79 Å². The van der Waals surface area contributed by atoms with E-state index in [4.69, 9.17) is 4.42 Å². The molecule has 1 aliphatic carbocycles. The zero-order chi connectivity index (χ0) is 13.9. The van der Waals surface area contributed by atoms with Crippen molar-refractivity contribution in [3.05, 3.63) is 60.1 Å². The SMILES string of the molecule is O=C(NC(CO)c1ccccc1)C1CC1c1ccco1. The molecule has 1 aromatic heterocycles. The minimum atomic E-state index is -0.346. The highest BCUT2D eigenvalue weighted by Crippen LogP contribution is 2.47. The molecule has 0 spiro atoms. The molecule has 2 N–H and O–H groups in total. The second kappa shape index (κ2) is 5.51. The van der Waals surface area contributed by atoms with Gasteiger partial charge in [0.2, 0.25) is 5.91 Å². The molecule has 1 fully saturated rings. The van der Waals surface area contributed by atoms with Crippen molar-refractivity contribution in [2.45, 2.75) is 18.4 Å². The lowest BCUT2D eigenvalue weighted by Crippen LogP contribution is -2.32. The Morgan fingerprint density at radius 2 is 2.10 bits per heavy atom. The predicted molar refractivity (Wildman–Crippen MR) is 74.0 cm³/mol. The first kappa shape index (κ1) is 12.9. The molecule has 2 aromatic rings. The number of carbonyl (C=O) groups is 1. The van der Waals surface area contributed by atoms with Crippen LogP contribution in [0.25, 0.3) is 0 Å². The van der Waals surface area contributed by atoms with E-state index >= 15 is 0 Å². The van der Waals surface area contributed by atoms with E-state index in [-0.39, 0.29) is 30.4 Å². The molecule has 3 atom stereocenters. The van der Waals surface area contributed by atoms with Gasteiger partial charge in [0.05, 0.1) is 18.9 Å². The second-order valence-electron chi connectivity index (χ2n) is 5.12. The summed E-state index contributed by atoms with van der Waals surface area (Å²) in [6, 6.07) is 12.9. The Kier molecular flexibility index (Phi) is 3.56. The van der Waals surface area contributed by atoms with E-state index in [1.807, 2.05) is 42.5 Å². The number of hydrogen-bond acceptors (Lipinski definition) is 3. The third-order valence-corrected chi connectivity index (χ3v) is 3.74. The van der Waals surface area contributed by atoms with Crippen LogP contribution in [0.3, 0.4) is 0 Å². The summed E-state index contributed by atoms with van der Waals surface area (Å²) in [5.74, 6) is 0.985. The van der Waals surface area contributed by atoms with Gasteiger partial charge in [0.1, 0.15) is 5.76 Å². The molecule has 1 aliphatic rings. The minimum Gasteiger partial charge on any atom is -0.469 e. The molecule has 0 bridgehead atoms. The fourth-order valence-corrected chi connectivity index (χ4v) is 2.50. The molecular formula is C16H17NO3. The van der Waals surface area contributed by atoms with Gasteiger partial charge < -0.3 is 14.8 Å². The quantitative estimate of drug-likeness (QED) is 0.876. The molecule has 20 heavy (non-hydrogen) atoms. The van der Waals surface area contributed by atoms with Crippen molar-refractivity contribution in [2.75, 3.05) is 6.61 Å². The van der Waals surface area contributed by atoms with Gasteiger partial charge in [-0.25, -0.2) is 0 Å². The van der Waals surface area contributed by atoms with Crippen molar-refractivity contribution in [3.63, 3.8) is 0 Å². The van der Waals surface area contributed by atoms with Gasteiger partial charge in [0.25, 0.3) is 0 Å². The van der Waals surface area contributed by atoms with Crippen molar-refractivity contribution in [3.8, 4) is 0 Å². The average Bonchev–Trinajstić information content (AvgIpc) is 3.11. The molecule has 1 aromatic carbocycles. The van der Waals surface area contributed by atoms with Crippen molar-refractivity contribution in [2.24, 2.45) is 5.92 Å². The first-order valence-electron chi connectivity index (χ1n) is 6.79. The topological polar surface area (TPSA) is 62.5 Å². The van der Waals surface area contributed by atoms with Gasteiger partial charge >= 0.3 is 0 Å². The number of benzene rings is 1. The van der Waals surface area contributed by atoms with E-state index in [9.17, 15) is 9.90 Å². The number of carbonyl (C=O) groups excluding carboxylic acids is 1. The van der Waals surface area contributed by atoms with Crippen LogP contribution < -0.4 is 5.32 Å². The van der Waals surface area contributed by atoms with Crippen LogP contribution in [-0.4, -0.2) is 17.6 Å². The molecule has 4 nitrogen and oxygen atoms in total. The predicted octanol–water partition coefficient (Wildman–Crippen LogP) is 2.23. The standard InChI is InChI=1S/C16H17NO3/c18-10-14(11-5-2-1-3-6-11)17-16(19)13-9-12(13)15-7-4-8-20-15/h1-8,12-14,18H,9-10H2,(H,17,19). The molecule has 1 amide bonds. The number of aliphatic hydroxyl groups excluding tert-OH is 1. The number of hydrogen-bond donors (Lipinski definition) is 2. The number of amides is 1. The van der Waals surface area contributed by atoms with Gasteiger partial charge in [-0.05, 0) is 24.1 Å².